The highest BCUT2D eigenvalue weighted by Crippen LogP contribution is 2.24. The van der Waals surface area contributed by atoms with E-state index < -0.39 is 0 Å². The van der Waals surface area contributed by atoms with Crippen LogP contribution in [0.15, 0.2) is 0 Å². The Bertz CT molecular complexity index is 426. The minimum Gasteiger partial charge on any atom is -0.314 e. The maximum Gasteiger partial charge on any atom is 0.313 e. The molecule has 102 valence electrons. The van der Waals surface area contributed by atoms with Gasteiger partial charge in [0.25, 0.3) is 0 Å². The molecule has 0 bridgehead atoms. The van der Waals surface area contributed by atoms with Gasteiger partial charge in [0.1, 0.15) is 11.4 Å². The fourth-order valence-corrected chi connectivity index (χ4v) is 2.18. The van der Waals surface area contributed by atoms with Crippen molar-refractivity contribution in [2.75, 3.05) is 6.54 Å². The van der Waals surface area contributed by atoms with Crippen molar-refractivity contribution in [1.82, 2.24) is 15.1 Å². The monoisotopic (exact) mass is 254 g/mol. The van der Waals surface area contributed by atoms with Crippen molar-refractivity contribution in [3.63, 3.8) is 0 Å². The summed E-state index contributed by atoms with van der Waals surface area (Å²) in [6.07, 6.45) is 0.624. The number of rotatable bonds is 6. The summed E-state index contributed by atoms with van der Waals surface area (Å²) in [7, 11) is 1.76. The molecule has 1 unspecified atom stereocenters. The third-order valence-electron chi connectivity index (χ3n) is 3.17. The second-order valence-electron chi connectivity index (χ2n) is 4.87. The van der Waals surface area contributed by atoms with E-state index in [9.17, 15) is 10.1 Å². The lowest BCUT2D eigenvalue weighted by Crippen LogP contribution is -2.36. The van der Waals surface area contributed by atoms with Gasteiger partial charge in [0.2, 0.25) is 0 Å². The second kappa shape index (κ2) is 5.95. The molecule has 1 atom stereocenters. The second-order valence-corrected chi connectivity index (χ2v) is 4.87. The Morgan fingerprint density at radius 3 is 2.56 bits per heavy atom. The van der Waals surface area contributed by atoms with Crippen LogP contribution in [0.3, 0.4) is 0 Å². The zero-order valence-corrected chi connectivity index (χ0v) is 11.7. The van der Waals surface area contributed by atoms with E-state index in [0.29, 0.717) is 23.7 Å². The summed E-state index contributed by atoms with van der Waals surface area (Å²) < 4.78 is 1.63. The maximum atomic E-state index is 11.1. The summed E-state index contributed by atoms with van der Waals surface area (Å²) >= 11 is 0. The van der Waals surface area contributed by atoms with E-state index in [1.165, 1.54) is 0 Å². The number of nitrogens with zero attached hydrogens (tertiary/aromatic N) is 3. The van der Waals surface area contributed by atoms with Gasteiger partial charge in [0.15, 0.2) is 0 Å². The molecular weight excluding hydrogens is 232 g/mol. The fourth-order valence-electron chi connectivity index (χ4n) is 2.18. The summed E-state index contributed by atoms with van der Waals surface area (Å²) in [5.74, 6) is 0.416. The van der Waals surface area contributed by atoms with Gasteiger partial charge in [0, 0.05) is 19.5 Å². The SMILES string of the molecule is CCNC(Cc1c([N+](=O)[O-])c(C)nn1C)C(C)C. The van der Waals surface area contributed by atoms with E-state index in [1.54, 1.807) is 18.7 Å². The van der Waals surface area contributed by atoms with Gasteiger partial charge >= 0.3 is 5.69 Å². The van der Waals surface area contributed by atoms with Gasteiger partial charge in [-0.25, -0.2) is 0 Å². The van der Waals surface area contributed by atoms with Crippen LogP contribution in [0.5, 0.6) is 0 Å². The first-order chi connectivity index (χ1) is 8.38. The molecule has 0 aliphatic heterocycles. The Balaban J connectivity index is 3.05. The van der Waals surface area contributed by atoms with E-state index in [4.69, 9.17) is 0 Å². The normalized spacial score (nSPS) is 13.0. The molecule has 0 radical (unpaired) electrons. The molecule has 18 heavy (non-hydrogen) atoms. The summed E-state index contributed by atoms with van der Waals surface area (Å²) in [4.78, 5) is 10.8. The van der Waals surface area contributed by atoms with E-state index in [-0.39, 0.29) is 16.7 Å². The molecular formula is C12H22N4O2. The summed E-state index contributed by atoms with van der Waals surface area (Å²) in [6.45, 7) is 8.80. The van der Waals surface area contributed by atoms with Crippen LogP contribution in [0.4, 0.5) is 5.69 Å². The van der Waals surface area contributed by atoms with Gasteiger partial charge < -0.3 is 5.32 Å². The minimum absolute atomic E-state index is 0.154. The van der Waals surface area contributed by atoms with Gasteiger partial charge in [-0.05, 0) is 19.4 Å². The van der Waals surface area contributed by atoms with Gasteiger partial charge in [-0.1, -0.05) is 20.8 Å². The molecule has 1 rings (SSSR count). The average molecular weight is 254 g/mol. The molecule has 0 saturated carbocycles. The lowest BCUT2D eigenvalue weighted by molar-refractivity contribution is -0.386. The quantitative estimate of drug-likeness (QED) is 0.620. The Morgan fingerprint density at radius 2 is 2.11 bits per heavy atom. The molecule has 0 aromatic carbocycles. The van der Waals surface area contributed by atoms with Gasteiger partial charge in [-0.15, -0.1) is 0 Å². The van der Waals surface area contributed by atoms with Crippen LogP contribution in [0.1, 0.15) is 32.2 Å². The first-order valence-electron chi connectivity index (χ1n) is 6.28. The van der Waals surface area contributed by atoms with Crippen molar-refractivity contribution < 1.29 is 4.92 Å². The molecule has 0 fully saturated rings. The molecule has 6 nitrogen and oxygen atoms in total. The molecule has 1 heterocycles. The fraction of sp³-hybridized carbons (Fsp3) is 0.750. The van der Waals surface area contributed by atoms with E-state index in [0.717, 1.165) is 6.54 Å². The van der Waals surface area contributed by atoms with Crippen molar-refractivity contribution in [3.05, 3.63) is 21.5 Å². The molecule has 0 amide bonds. The van der Waals surface area contributed by atoms with Gasteiger partial charge in [0.05, 0.1) is 4.92 Å². The van der Waals surface area contributed by atoms with Crippen molar-refractivity contribution in [2.24, 2.45) is 13.0 Å². The standard InChI is InChI=1S/C12H22N4O2/c1-6-13-10(8(2)3)7-11-12(16(17)18)9(4)14-15(11)5/h8,10,13H,6-7H2,1-5H3. The summed E-state index contributed by atoms with van der Waals surface area (Å²) in [6, 6.07) is 0.225. The van der Waals surface area contributed by atoms with Crippen molar-refractivity contribution in [1.29, 1.82) is 0 Å². The van der Waals surface area contributed by atoms with E-state index >= 15 is 0 Å². The number of hydrogen-bond donors (Lipinski definition) is 1. The number of hydrogen-bond acceptors (Lipinski definition) is 4. The summed E-state index contributed by atoms with van der Waals surface area (Å²) in [5.41, 5.74) is 1.33. The Hall–Kier alpha value is -1.43. The first-order valence-corrected chi connectivity index (χ1v) is 6.28. The van der Waals surface area contributed by atoms with Crippen LogP contribution >= 0.6 is 0 Å². The Labute approximate surface area is 108 Å². The first kappa shape index (κ1) is 14.6. The van der Waals surface area contributed by atoms with Crippen LogP contribution in [0.25, 0.3) is 0 Å². The maximum absolute atomic E-state index is 11.1. The average Bonchev–Trinajstić information content (AvgIpc) is 2.52. The Morgan fingerprint density at radius 1 is 1.50 bits per heavy atom. The van der Waals surface area contributed by atoms with Crippen LogP contribution < -0.4 is 5.32 Å². The lowest BCUT2D eigenvalue weighted by atomic mass is 9.98. The summed E-state index contributed by atoms with van der Waals surface area (Å²) in [5, 5.41) is 18.6. The highest BCUT2D eigenvalue weighted by Gasteiger charge is 2.26. The molecule has 0 saturated heterocycles. The van der Waals surface area contributed by atoms with E-state index in [2.05, 4.69) is 24.3 Å². The molecule has 1 aromatic rings. The van der Waals surface area contributed by atoms with Crippen LogP contribution in [-0.4, -0.2) is 27.3 Å². The number of aromatic nitrogens is 2. The highest BCUT2D eigenvalue weighted by atomic mass is 16.6. The zero-order chi connectivity index (χ0) is 13.9. The van der Waals surface area contributed by atoms with Crippen molar-refractivity contribution >= 4 is 5.69 Å². The van der Waals surface area contributed by atoms with Gasteiger partial charge in [-0.2, -0.15) is 5.10 Å². The topological polar surface area (TPSA) is 73.0 Å². The van der Waals surface area contributed by atoms with E-state index in [1.807, 2.05) is 6.92 Å². The third-order valence-corrected chi connectivity index (χ3v) is 3.17. The van der Waals surface area contributed by atoms with Gasteiger partial charge in [-0.3, -0.25) is 14.8 Å². The molecule has 1 aromatic heterocycles. The molecule has 0 aliphatic rings. The van der Waals surface area contributed by atoms with Crippen molar-refractivity contribution in [2.45, 2.75) is 40.2 Å². The van der Waals surface area contributed by atoms with Crippen LogP contribution in [0, 0.1) is 23.0 Å². The molecule has 0 aliphatic carbocycles. The zero-order valence-electron chi connectivity index (χ0n) is 11.7. The largest absolute Gasteiger partial charge is 0.314 e. The highest BCUT2D eigenvalue weighted by molar-refractivity contribution is 5.40. The predicted molar refractivity (Wildman–Crippen MR) is 70.6 cm³/mol. The third kappa shape index (κ3) is 3.07. The predicted octanol–water partition coefficient (Wildman–Crippen LogP) is 1.81. The number of nitro groups is 1. The van der Waals surface area contributed by atoms with Crippen LogP contribution in [0.2, 0.25) is 0 Å². The number of nitrogens with one attached hydrogen (secondary N) is 1. The minimum atomic E-state index is -0.332. The molecule has 0 spiro atoms. The molecule has 1 N–H and O–H groups in total. The smallest absolute Gasteiger partial charge is 0.313 e. The van der Waals surface area contributed by atoms with Crippen molar-refractivity contribution in [3.8, 4) is 0 Å². The number of likely N-dealkylation sites (N-methyl/N-ethyl adjacent to an activating group) is 1. The molecule has 6 heteroatoms. The van der Waals surface area contributed by atoms with Crippen LogP contribution in [-0.2, 0) is 13.5 Å². The Kier molecular flexibility index (Phi) is 4.84. The lowest BCUT2D eigenvalue weighted by Gasteiger charge is -2.21. The number of aryl methyl sites for hydroxylation is 2.